The Bertz CT molecular complexity index is 453. The van der Waals surface area contributed by atoms with Gasteiger partial charge in [-0.2, -0.15) is 0 Å². The lowest BCUT2D eigenvalue weighted by atomic mass is 10.1. The number of likely N-dealkylation sites (N-methyl/N-ethyl adjacent to an activating group) is 1. The first-order valence-corrected chi connectivity index (χ1v) is 6.95. The van der Waals surface area contributed by atoms with Crippen LogP contribution >= 0.6 is 0 Å². The fourth-order valence-corrected chi connectivity index (χ4v) is 2.33. The van der Waals surface area contributed by atoms with Crippen LogP contribution in [0.1, 0.15) is 25.3 Å². The third-order valence-corrected chi connectivity index (χ3v) is 3.77. The van der Waals surface area contributed by atoms with Crippen molar-refractivity contribution >= 4 is 17.3 Å². The number of aryl methyl sites for hydroxylation is 1. The molecule has 1 fully saturated rings. The normalized spacial score (nSPS) is 16.5. The van der Waals surface area contributed by atoms with E-state index in [9.17, 15) is 4.79 Å². The Morgan fingerprint density at radius 2 is 2.00 bits per heavy atom. The highest BCUT2D eigenvalue weighted by Gasteiger charge is 2.15. The van der Waals surface area contributed by atoms with E-state index in [4.69, 9.17) is 0 Å². The van der Waals surface area contributed by atoms with E-state index in [2.05, 4.69) is 27.7 Å². The molecule has 2 rings (SSSR count). The van der Waals surface area contributed by atoms with Gasteiger partial charge in [0.2, 0.25) is 5.91 Å². The largest absolute Gasteiger partial charge is 0.372 e. The molecule has 1 aliphatic rings. The van der Waals surface area contributed by atoms with Crippen LogP contribution in [0.4, 0.5) is 11.4 Å². The molecular formula is C15H23N3O. The summed E-state index contributed by atoms with van der Waals surface area (Å²) in [4.78, 5) is 14.3. The maximum Gasteiger partial charge on any atom is 0.241 e. The molecule has 1 heterocycles. The number of nitrogens with zero attached hydrogens (tertiary/aromatic N) is 1. The van der Waals surface area contributed by atoms with Crippen LogP contribution in [0.3, 0.4) is 0 Å². The van der Waals surface area contributed by atoms with E-state index in [1.165, 1.54) is 18.5 Å². The van der Waals surface area contributed by atoms with Gasteiger partial charge in [-0.25, -0.2) is 0 Å². The van der Waals surface area contributed by atoms with Crippen molar-refractivity contribution in [1.82, 2.24) is 5.32 Å². The van der Waals surface area contributed by atoms with Crippen molar-refractivity contribution in [2.75, 3.05) is 30.4 Å². The van der Waals surface area contributed by atoms with Gasteiger partial charge in [-0.15, -0.1) is 0 Å². The second-order valence-corrected chi connectivity index (χ2v) is 5.19. The van der Waals surface area contributed by atoms with Gasteiger partial charge in [0.05, 0.1) is 6.04 Å². The van der Waals surface area contributed by atoms with E-state index in [1.54, 1.807) is 7.05 Å². The van der Waals surface area contributed by atoms with E-state index < -0.39 is 0 Å². The molecule has 1 aliphatic heterocycles. The number of amides is 1. The van der Waals surface area contributed by atoms with Crippen LogP contribution in [0.25, 0.3) is 0 Å². The van der Waals surface area contributed by atoms with Gasteiger partial charge >= 0.3 is 0 Å². The van der Waals surface area contributed by atoms with Gasteiger partial charge in [-0.05, 0) is 57.5 Å². The number of rotatable bonds is 4. The average Bonchev–Trinajstić information content (AvgIpc) is 2.94. The summed E-state index contributed by atoms with van der Waals surface area (Å²) in [7, 11) is 1.79. The van der Waals surface area contributed by atoms with Gasteiger partial charge in [0.25, 0.3) is 0 Å². The molecule has 1 aromatic rings. The minimum atomic E-state index is -0.183. The van der Waals surface area contributed by atoms with E-state index in [1.807, 2.05) is 19.9 Å². The summed E-state index contributed by atoms with van der Waals surface area (Å²) < 4.78 is 0. The average molecular weight is 261 g/mol. The van der Waals surface area contributed by atoms with E-state index in [0.717, 1.165) is 24.3 Å². The van der Waals surface area contributed by atoms with Crippen molar-refractivity contribution in [2.24, 2.45) is 0 Å². The Morgan fingerprint density at radius 1 is 1.32 bits per heavy atom. The maximum atomic E-state index is 11.9. The van der Waals surface area contributed by atoms with Crippen molar-refractivity contribution in [2.45, 2.75) is 32.7 Å². The van der Waals surface area contributed by atoms with Gasteiger partial charge in [-0.1, -0.05) is 0 Å². The number of nitrogens with one attached hydrogen (secondary N) is 2. The highest BCUT2D eigenvalue weighted by atomic mass is 16.2. The standard InChI is InChI=1S/C15H23N3O/c1-11-10-13(18-8-4-5-9-18)6-7-14(11)17-15(19)12(2)16-3/h6-7,10,12,16H,4-5,8-9H2,1-3H3,(H,17,19). The number of hydrogen-bond donors (Lipinski definition) is 2. The lowest BCUT2D eigenvalue weighted by Gasteiger charge is -2.20. The molecule has 104 valence electrons. The van der Waals surface area contributed by atoms with E-state index in [0.29, 0.717) is 0 Å². The number of benzene rings is 1. The van der Waals surface area contributed by atoms with E-state index in [-0.39, 0.29) is 11.9 Å². The predicted octanol–water partition coefficient (Wildman–Crippen LogP) is 2.14. The molecule has 2 N–H and O–H groups in total. The first kappa shape index (κ1) is 13.9. The molecule has 1 atom stereocenters. The quantitative estimate of drug-likeness (QED) is 0.873. The first-order valence-electron chi connectivity index (χ1n) is 6.95. The zero-order chi connectivity index (χ0) is 13.8. The Kier molecular flexibility index (Phi) is 4.43. The Labute approximate surface area is 115 Å². The third kappa shape index (κ3) is 3.26. The fourth-order valence-electron chi connectivity index (χ4n) is 2.33. The minimum absolute atomic E-state index is 0.000442. The smallest absolute Gasteiger partial charge is 0.241 e. The summed E-state index contributed by atoms with van der Waals surface area (Å²) in [5, 5.41) is 5.90. The fraction of sp³-hybridized carbons (Fsp3) is 0.533. The summed E-state index contributed by atoms with van der Waals surface area (Å²) in [5.41, 5.74) is 3.27. The summed E-state index contributed by atoms with van der Waals surface area (Å²) >= 11 is 0. The molecule has 0 aliphatic carbocycles. The summed E-state index contributed by atoms with van der Waals surface area (Å²) in [5.74, 6) is -0.000442. The molecule has 1 aromatic carbocycles. The third-order valence-electron chi connectivity index (χ3n) is 3.77. The number of carbonyl (C=O) groups excluding carboxylic acids is 1. The number of carbonyl (C=O) groups is 1. The van der Waals surface area contributed by atoms with Gasteiger partial charge < -0.3 is 15.5 Å². The number of hydrogen-bond acceptors (Lipinski definition) is 3. The molecule has 0 radical (unpaired) electrons. The number of anilines is 2. The summed E-state index contributed by atoms with van der Waals surface area (Å²) in [6.07, 6.45) is 2.55. The Hall–Kier alpha value is -1.55. The Morgan fingerprint density at radius 3 is 2.58 bits per heavy atom. The molecule has 0 spiro atoms. The van der Waals surface area contributed by atoms with Crippen LogP contribution in [0.15, 0.2) is 18.2 Å². The molecule has 4 nitrogen and oxygen atoms in total. The van der Waals surface area contributed by atoms with Crippen molar-refractivity contribution in [3.8, 4) is 0 Å². The van der Waals surface area contributed by atoms with Crippen molar-refractivity contribution in [3.63, 3.8) is 0 Å². The van der Waals surface area contributed by atoms with Crippen molar-refractivity contribution in [1.29, 1.82) is 0 Å². The van der Waals surface area contributed by atoms with E-state index >= 15 is 0 Å². The second kappa shape index (κ2) is 6.06. The summed E-state index contributed by atoms with van der Waals surface area (Å²) in [6, 6.07) is 6.07. The lowest BCUT2D eigenvalue weighted by molar-refractivity contribution is -0.117. The topological polar surface area (TPSA) is 44.4 Å². The first-order chi connectivity index (χ1) is 9.11. The van der Waals surface area contributed by atoms with Crippen LogP contribution in [0.5, 0.6) is 0 Å². The molecule has 1 amide bonds. The zero-order valence-electron chi connectivity index (χ0n) is 12.0. The molecule has 1 unspecified atom stereocenters. The predicted molar refractivity (Wildman–Crippen MR) is 79.8 cm³/mol. The van der Waals surface area contributed by atoms with Crippen molar-refractivity contribution < 1.29 is 4.79 Å². The lowest BCUT2D eigenvalue weighted by Crippen LogP contribution is -2.35. The Balaban J connectivity index is 2.08. The SMILES string of the molecule is CNC(C)C(=O)Nc1ccc(N2CCCC2)cc1C. The molecule has 0 saturated carbocycles. The minimum Gasteiger partial charge on any atom is -0.372 e. The molecular weight excluding hydrogens is 238 g/mol. The van der Waals surface area contributed by atoms with Crippen LogP contribution in [0, 0.1) is 6.92 Å². The van der Waals surface area contributed by atoms with Gasteiger partial charge in [-0.3, -0.25) is 4.79 Å². The van der Waals surface area contributed by atoms with Crippen molar-refractivity contribution in [3.05, 3.63) is 23.8 Å². The maximum absolute atomic E-state index is 11.9. The van der Waals surface area contributed by atoms with Crippen LogP contribution in [0.2, 0.25) is 0 Å². The highest BCUT2D eigenvalue weighted by Crippen LogP contribution is 2.25. The second-order valence-electron chi connectivity index (χ2n) is 5.19. The van der Waals surface area contributed by atoms with Crippen LogP contribution in [-0.4, -0.2) is 32.1 Å². The molecule has 0 aromatic heterocycles. The van der Waals surface area contributed by atoms with Gasteiger partial charge in [0, 0.05) is 24.5 Å². The van der Waals surface area contributed by atoms with Crippen LogP contribution < -0.4 is 15.5 Å². The highest BCUT2D eigenvalue weighted by molar-refractivity contribution is 5.95. The van der Waals surface area contributed by atoms with Gasteiger partial charge in [0.15, 0.2) is 0 Å². The molecule has 0 bridgehead atoms. The molecule has 1 saturated heterocycles. The molecule has 19 heavy (non-hydrogen) atoms. The van der Waals surface area contributed by atoms with Gasteiger partial charge in [0.1, 0.15) is 0 Å². The van der Waals surface area contributed by atoms with Crippen LogP contribution in [-0.2, 0) is 4.79 Å². The zero-order valence-corrected chi connectivity index (χ0v) is 12.0. The monoisotopic (exact) mass is 261 g/mol. The summed E-state index contributed by atoms with van der Waals surface area (Å²) in [6.45, 7) is 6.17. The molecule has 4 heteroatoms.